The van der Waals surface area contributed by atoms with Crippen molar-refractivity contribution in [1.82, 2.24) is 14.5 Å². The molecule has 108 valence electrons. The number of nitrogens with two attached hydrogens (primary N) is 1. The Labute approximate surface area is 118 Å². The Hall–Kier alpha value is -1.70. The molecule has 3 N–H and O–H groups in total. The molecule has 0 saturated heterocycles. The molecule has 0 bridgehead atoms. The molecule has 0 aliphatic rings. The first-order chi connectivity index (χ1) is 9.53. The largest absolute Gasteiger partial charge is 0.326 e. The Morgan fingerprint density at radius 1 is 1.40 bits per heavy atom. The van der Waals surface area contributed by atoms with Crippen LogP contribution in [0.4, 0.5) is 0 Å². The SMILES string of the molecule is Cc1cc(S(=O)(=O)NCCn2cccn2)ccc1CN. The molecular weight excluding hydrogens is 276 g/mol. The summed E-state index contributed by atoms with van der Waals surface area (Å²) in [6.07, 6.45) is 3.44. The number of rotatable bonds is 6. The summed E-state index contributed by atoms with van der Waals surface area (Å²) < 4.78 is 28.5. The predicted octanol–water partition coefficient (Wildman–Crippen LogP) is 0.629. The summed E-state index contributed by atoms with van der Waals surface area (Å²) in [5.74, 6) is 0. The van der Waals surface area contributed by atoms with Gasteiger partial charge in [0.2, 0.25) is 10.0 Å². The van der Waals surface area contributed by atoms with Gasteiger partial charge in [0.15, 0.2) is 0 Å². The zero-order valence-corrected chi connectivity index (χ0v) is 12.1. The second-order valence-corrected chi connectivity index (χ2v) is 6.23. The van der Waals surface area contributed by atoms with Gasteiger partial charge in [0.05, 0.1) is 11.4 Å². The minimum absolute atomic E-state index is 0.257. The number of benzene rings is 1. The Morgan fingerprint density at radius 3 is 2.80 bits per heavy atom. The van der Waals surface area contributed by atoms with Crippen LogP contribution in [-0.2, 0) is 23.1 Å². The van der Waals surface area contributed by atoms with Crippen LogP contribution in [0, 0.1) is 6.92 Å². The predicted molar refractivity (Wildman–Crippen MR) is 76.5 cm³/mol. The summed E-state index contributed by atoms with van der Waals surface area (Å²) in [5, 5.41) is 4.01. The third-order valence-electron chi connectivity index (χ3n) is 3.04. The van der Waals surface area contributed by atoms with Crippen LogP contribution in [-0.4, -0.2) is 24.7 Å². The minimum Gasteiger partial charge on any atom is -0.326 e. The van der Waals surface area contributed by atoms with Crippen LogP contribution in [0.1, 0.15) is 11.1 Å². The number of aromatic nitrogens is 2. The molecule has 1 aromatic heterocycles. The fourth-order valence-electron chi connectivity index (χ4n) is 1.88. The van der Waals surface area contributed by atoms with Gasteiger partial charge in [-0.3, -0.25) is 4.68 Å². The molecule has 0 unspecified atom stereocenters. The first-order valence-corrected chi connectivity index (χ1v) is 7.78. The lowest BCUT2D eigenvalue weighted by Crippen LogP contribution is -2.27. The average Bonchev–Trinajstić information content (AvgIpc) is 2.91. The summed E-state index contributed by atoms with van der Waals surface area (Å²) in [5.41, 5.74) is 7.39. The number of hydrogen-bond acceptors (Lipinski definition) is 4. The summed E-state index contributed by atoms with van der Waals surface area (Å²) in [4.78, 5) is 0.257. The van der Waals surface area contributed by atoms with E-state index in [-0.39, 0.29) is 4.90 Å². The maximum Gasteiger partial charge on any atom is 0.240 e. The topological polar surface area (TPSA) is 90.0 Å². The van der Waals surface area contributed by atoms with Gasteiger partial charge < -0.3 is 5.73 Å². The van der Waals surface area contributed by atoms with E-state index in [4.69, 9.17) is 5.73 Å². The van der Waals surface area contributed by atoms with E-state index < -0.39 is 10.0 Å². The van der Waals surface area contributed by atoms with Crippen molar-refractivity contribution in [3.63, 3.8) is 0 Å². The van der Waals surface area contributed by atoms with Gasteiger partial charge in [-0.15, -0.1) is 0 Å². The average molecular weight is 294 g/mol. The van der Waals surface area contributed by atoms with Crippen molar-refractivity contribution in [2.45, 2.75) is 24.9 Å². The Balaban J connectivity index is 2.04. The first-order valence-electron chi connectivity index (χ1n) is 6.29. The molecule has 0 fully saturated rings. The van der Waals surface area contributed by atoms with Crippen LogP contribution >= 0.6 is 0 Å². The lowest BCUT2D eigenvalue weighted by molar-refractivity contribution is 0.561. The quantitative estimate of drug-likeness (QED) is 0.817. The summed E-state index contributed by atoms with van der Waals surface area (Å²) >= 11 is 0. The van der Waals surface area contributed by atoms with Crippen LogP contribution in [0.3, 0.4) is 0 Å². The standard InChI is InChI=1S/C13H18N4O2S/c1-11-9-13(4-3-12(11)10-14)20(18,19)16-6-8-17-7-2-5-15-17/h2-5,7,9,16H,6,8,10,14H2,1H3. The molecule has 2 aromatic rings. The van der Waals surface area contributed by atoms with E-state index in [0.717, 1.165) is 11.1 Å². The van der Waals surface area contributed by atoms with Gasteiger partial charge in [0, 0.05) is 25.5 Å². The van der Waals surface area contributed by atoms with Gasteiger partial charge in [0.25, 0.3) is 0 Å². The maximum absolute atomic E-state index is 12.1. The third-order valence-corrected chi connectivity index (χ3v) is 4.50. The van der Waals surface area contributed by atoms with Crippen molar-refractivity contribution in [3.05, 3.63) is 47.8 Å². The summed E-state index contributed by atoms with van der Waals surface area (Å²) in [7, 11) is -3.49. The first kappa shape index (κ1) is 14.7. The molecule has 6 nitrogen and oxygen atoms in total. The van der Waals surface area contributed by atoms with E-state index in [1.807, 2.05) is 6.92 Å². The monoisotopic (exact) mass is 294 g/mol. The molecule has 1 heterocycles. The zero-order valence-electron chi connectivity index (χ0n) is 11.3. The Bertz CT molecular complexity index is 666. The normalized spacial score (nSPS) is 11.7. The number of sulfonamides is 1. The molecule has 0 spiro atoms. The van der Waals surface area contributed by atoms with E-state index in [2.05, 4.69) is 9.82 Å². The van der Waals surface area contributed by atoms with Crippen LogP contribution in [0.25, 0.3) is 0 Å². The highest BCUT2D eigenvalue weighted by Crippen LogP contribution is 2.14. The summed E-state index contributed by atoms with van der Waals surface area (Å²) in [6.45, 7) is 3.04. The molecule has 0 amide bonds. The molecule has 2 rings (SSSR count). The highest BCUT2D eigenvalue weighted by Gasteiger charge is 2.14. The van der Waals surface area contributed by atoms with Crippen molar-refractivity contribution in [2.75, 3.05) is 6.54 Å². The van der Waals surface area contributed by atoms with Crippen LogP contribution in [0.2, 0.25) is 0 Å². The van der Waals surface area contributed by atoms with Crippen molar-refractivity contribution in [3.8, 4) is 0 Å². The fourth-order valence-corrected chi connectivity index (χ4v) is 2.98. The van der Waals surface area contributed by atoms with Crippen LogP contribution in [0.5, 0.6) is 0 Å². The maximum atomic E-state index is 12.1. The van der Waals surface area contributed by atoms with Crippen LogP contribution < -0.4 is 10.5 Å². The fraction of sp³-hybridized carbons (Fsp3) is 0.308. The molecule has 0 saturated carbocycles. The Kier molecular flexibility index (Phi) is 4.53. The van der Waals surface area contributed by atoms with Crippen LogP contribution in [0.15, 0.2) is 41.6 Å². The van der Waals surface area contributed by atoms with E-state index >= 15 is 0 Å². The van der Waals surface area contributed by atoms with E-state index in [1.54, 1.807) is 41.3 Å². The number of aryl methyl sites for hydroxylation is 1. The van der Waals surface area contributed by atoms with E-state index in [1.165, 1.54) is 0 Å². The second kappa shape index (κ2) is 6.17. The zero-order chi connectivity index (χ0) is 14.6. The minimum atomic E-state index is -3.49. The van der Waals surface area contributed by atoms with Gasteiger partial charge >= 0.3 is 0 Å². The van der Waals surface area contributed by atoms with Gasteiger partial charge in [-0.05, 0) is 36.2 Å². The van der Waals surface area contributed by atoms with Gasteiger partial charge in [-0.2, -0.15) is 5.10 Å². The third kappa shape index (κ3) is 3.44. The van der Waals surface area contributed by atoms with Crippen molar-refractivity contribution >= 4 is 10.0 Å². The Morgan fingerprint density at radius 2 is 2.20 bits per heavy atom. The smallest absolute Gasteiger partial charge is 0.240 e. The van der Waals surface area contributed by atoms with Crippen molar-refractivity contribution < 1.29 is 8.42 Å². The van der Waals surface area contributed by atoms with Crippen molar-refractivity contribution in [1.29, 1.82) is 0 Å². The number of nitrogens with one attached hydrogen (secondary N) is 1. The van der Waals surface area contributed by atoms with Gasteiger partial charge in [0.1, 0.15) is 0 Å². The second-order valence-electron chi connectivity index (χ2n) is 4.46. The molecule has 0 atom stereocenters. The van der Waals surface area contributed by atoms with Gasteiger partial charge in [-0.25, -0.2) is 13.1 Å². The molecule has 0 aliphatic heterocycles. The molecule has 1 aromatic carbocycles. The molecule has 7 heteroatoms. The molecule has 0 radical (unpaired) electrons. The molecular formula is C13H18N4O2S. The van der Waals surface area contributed by atoms with E-state index in [0.29, 0.717) is 19.6 Å². The number of hydrogen-bond donors (Lipinski definition) is 2. The molecule has 0 aliphatic carbocycles. The lowest BCUT2D eigenvalue weighted by atomic mass is 10.1. The molecule has 20 heavy (non-hydrogen) atoms. The van der Waals surface area contributed by atoms with Crippen molar-refractivity contribution in [2.24, 2.45) is 5.73 Å². The number of nitrogens with zero attached hydrogens (tertiary/aromatic N) is 2. The lowest BCUT2D eigenvalue weighted by Gasteiger charge is -2.09. The van der Waals surface area contributed by atoms with Gasteiger partial charge in [-0.1, -0.05) is 6.07 Å². The van der Waals surface area contributed by atoms with E-state index in [9.17, 15) is 8.42 Å². The highest BCUT2D eigenvalue weighted by molar-refractivity contribution is 7.89. The highest BCUT2D eigenvalue weighted by atomic mass is 32.2. The summed E-state index contributed by atoms with van der Waals surface area (Å²) in [6, 6.07) is 6.75.